The Kier molecular flexibility index (Phi) is 2.67. The maximum Gasteiger partial charge on any atom is 0.339 e. The van der Waals surface area contributed by atoms with Gasteiger partial charge < -0.3 is 10.2 Å². The molecule has 1 heterocycles. The number of hydrogen-bond acceptors (Lipinski definition) is 3. The Morgan fingerprint density at radius 1 is 1.77 bits per heavy atom. The molecule has 1 unspecified atom stereocenters. The second-order valence-corrected chi connectivity index (χ2v) is 2.98. The summed E-state index contributed by atoms with van der Waals surface area (Å²) in [5, 5.41) is 21.6. The van der Waals surface area contributed by atoms with Gasteiger partial charge in [0, 0.05) is 5.69 Å². The minimum Gasteiger partial charge on any atom is -0.478 e. The molecule has 1 atom stereocenters. The van der Waals surface area contributed by atoms with Crippen molar-refractivity contribution in [3.8, 4) is 0 Å². The van der Waals surface area contributed by atoms with Gasteiger partial charge in [-0.15, -0.1) is 0 Å². The van der Waals surface area contributed by atoms with E-state index in [0.29, 0.717) is 12.2 Å². The minimum atomic E-state index is -0.991. The van der Waals surface area contributed by atoms with Crippen LogP contribution in [0.4, 0.5) is 0 Å². The van der Waals surface area contributed by atoms with E-state index >= 15 is 0 Å². The van der Waals surface area contributed by atoms with Gasteiger partial charge in [-0.05, 0) is 13.8 Å². The van der Waals surface area contributed by atoms with Crippen LogP contribution in [0.2, 0.25) is 0 Å². The van der Waals surface area contributed by atoms with Crippen LogP contribution in [0.3, 0.4) is 0 Å². The molecule has 0 amide bonds. The Morgan fingerprint density at radius 2 is 2.38 bits per heavy atom. The lowest BCUT2D eigenvalue weighted by Gasteiger charge is -2.06. The van der Waals surface area contributed by atoms with Gasteiger partial charge in [0.2, 0.25) is 0 Å². The molecule has 72 valence electrons. The minimum absolute atomic E-state index is 0.181. The Hall–Kier alpha value is -1.36. The second kappa shape index (κ2) is 3.57. The van der Waals surface area contributed by atoms with Gasteiger partial charge in [0.25, 0.3) is 0 Å². The van der Waals surface area contributed by atoms with E-state index in [1.807, 2.05) is 0 Å². The van der Waals surface area contributed by atoms with E-state index in [1.165, 1.54) is 10.9 Å². The van der Waals surface area contributed by atoms with Gasteiger partial charge in [0.05, 0.1) is 18.8 Å². The van der Waals surface area contributed by atoms with Crippen molar-refractivity contribution in [2.45, 2.75) is 26.5 Å². The molecule has 2 N–H and O–H groups in total. The molecule has 0 spiro atoms. The molecule has 1 rings (SSSR count). The van der Waals surface area contributed by atoms with E-state index in [9.17, 15) is 4.79 Å². The molecule has 0 aromatic carbocycles. The summed E-state index contributed by atoms with van der Waals surface area (Å²) in [6.45, 7) is 3.61. The Bertz CT molecular complexity index is 317. The van der Waals surface area contributed by atoms with Gasteiger partial charge in [-0.2, -0.15) is 5.10 Å². The lowest BCUT2D eigenvalue weighted by Crippen LogP contribution is -2.14. The maximum atomic E-state index is 10.6. The summed E-state index contributed by atoms with van der Waals surface area (Å²) in [5.41, 5.74) is 0.744. The summed E-state index contributed by atoms with van der Waals surface area (Å²) in [6, 6.07) is 0. The van der Waals surface area contributed by atoms with Crippen molar-refractivity contribution in [1.82, 2.24) is 9.78 Å². The van der Waals surface area contributed by atoms with E-state index in [2.05, 4.69) is 5.10 Å². The molecular formula is C8H12N2O3. The van der Waals surface area contributed by atoms with Crippen molar-refractivity contribution < 1.29 is 15.0 Å². The van der Waals surface area contributed by atoms with Crippen LogP contribution in [0, 0.1) is 6.92 Å². The van der Waals surface area contributed by atoms with E-state index in [-0.39, 0.29) is 5.56 Å². The number of aliphatic hydroxyl groups is 1. The van der Waals surface area contributed by atoms with Crippen molar-refractivity contribution in [3.63, 3.8) is 0 Å². The van der Waals surface area contributed by atoms with Crippen molar-refractivity contribution in [3.05, 3.63) is 17.5 Å². The van der Waals surface area contributed by atoms with Gasteiger partial charge in [-0.3, -0.25) is 4.68 Å². The Morgan fingerprint density at radius 3 is 2.77 bits per heavy atom. The van der Waals surface area contributed by atoms with Gasteiger partial charge in [0.1, 0.15) is 5.56 Å². The van der Waals surface area contributed by atoms with Crippen LogP contribution >= 0.6 is 0 Å². The fraction of sp³-hybridized carbons (Fsp3) is 0.500. The smallest absolute Gasteiger partial charge is 0.339 e. The van der Waals surface area contributed by atoms with Crippen molar-refractivity contribution >= 4 is 5.97 Å². The molecule has 0 fully saturated rings. The summed E-state index contributed by atoms with van der Waals surface area (Å²) in [5.74, 6) is -0.991. The number of rotatable bonds is 3. The van der Waals surface area contributed by atoms with Crippen molar-refractivity contribution in [2.24, 2.45) is 0 Å². The molecule has 0 aliphatic carbocycles. The van der Waals surface area contributed by atoms with Gasteiger partial charge >= 0.3 is 5.97 Å². The first-order chi connectivity index (χ1) is 6.02. The number of aromatic carboxylic acids is 1. The van der Waals surface area contributed by atoms with Crippen molar-refractivity contribution in [1.29, 1.82) is 0 Å². The SMILES string of the molecule is Cc1c(C(=O)O)cnn1CC(C)O. The highest BCUT2D eigenvalue weighted by Crippen LogP contribution is 2.07. The third kappa shape index (κ3) is 2.06. The first-order valence-corrected chi connectivity index (χ1v) is 3.96. The highest BCUT2D eigenvalue weighted by Gasteiger charge is 2.13. The number of carboxylic acid groups (broad SMARTS) is 1. The molecule has 0 bridgehead atoms. The fourth-order valence-corrected chi connectivity index (χ4v) is 1.09. The Balaban J connectivity index is 2.93. The average Bonchev–Trinajstić information content (AvgIpc) is 2.32. The van der Waals surface area contributed by atoms with E-state index in [1.54, 1.807) is 13.8 Å². The van der Waals surface area contributed by atoms with Crippen LogP contribution in [-0.4, -0.2) is 32.1 Å². The summed E-state index contributed by atoms with van der Waals surface area (Å²) >= 11 is 0. The van der Waals surface area contributed by atoms with Gasteiger partial charge in [-0.1, -0.05) is 0 Å². The standard InChI is InChI=1S/C8H12N2O3/c1-5(11)4-10-6(2)7(3-9-10)8(12)13/h3,5,11H,4H2,1-2H3,(H,12,13). The molecule has 1 aromatic rings. The van der Waals surface area contributed by atoms with Crippen molar-refractivity contribution in [2.75, 3.05) is 0 Å². The normalized spacial score (nSPS) is 12.8. The molecule has 0 saturated heterocycles. The highest BCUT2D eigenvalue weighted by atomic mass is 16.4. The highest BCUT2D eigenvalue weighted by molar-refractivity contribution is 5.88. The molecule has 0 saturated carbocycles. The topological polar surface area (TPSA) is 75.3 Å². The quantitative estimate of drug-likeness (QED) is 0.707. The third-order valence-corrected chi connectivity index (χ3v) is 1.77. The zero-order chi connectivity index (χ0) is 10.0. The van der Waals surface area contributed by atoms with E-state index < -0.39 is 12.1 Å². The maximum absolute atomic E-state index is 10.6. The third-order valence-electron chi connectivity index (χ3n) is 1.77. The predicted molar refractivity (Wildman–Crippen MR) is 45.6 cm³/mol. The lowest BCUT2D eigenvalue weighted by molar-refractivity contribution is 0.0695. The van der Waals surface area contributed by atoms with Crippen LogP contribution < -0.4 is 0 Å². The fourth-order valence-electron chi connectivity index (χ4n) is 1.09. The Labute approximate surface area is 75.6 Å². The average molecular weight is 184 g/mol. The largest absolute Gasteiger partial charge is 0.478 e. The number of aromatic nitrogens is 2. The number of nitrogens with zero attached hydrogens (tertiary/aromatic N) is 2. The molecular weight excluding hydrogens is 172 g/mol. The molecule has 13 heavy (non-hydrogen) atoms. The number of carboxylic acids is 1. The molecule has 0 radical (unpaired) electrons. The summed E-state index contributed by atoms with van der Waals surface area (Å²) in [4.78, 5) is 10.6. The van der Waals surface area contributed by atoms with Crippen LogP contribution in [0.25, 0.3) is 0 Å². The number of hydrogen-bond donors (Lipinski definition) is 2. The summed E-state index contributed by atoms with van der Waals surface area (Å²) in [7, 11) is 0. The zero-order valence-corrected chi connectivity index (χ0v) is 7.56. The van der Waals surface area contributed by atoms with E-state index in [4.69, 9.17) is 10.2 Å². The number of carbonyl (C=O) groups is 1. The first kappa shape index (κ1) is 9.73. The summed E-state index contributed by atoms with van der Waals surface area (Å²) < 4.78 is 1.48. The van der Waals surface area contributed by atoms with Crippen LogP contribution in [-0.2, 0) is 6.54 Å². The van der Waals surface area contributed by atoms with Crippen LogP contribution in [0.5, 0.6) is 0 Å². The monoisotopic (exact) mass is 184 g/mol. The summed E-state index contributed by atoms with van der Waals surface area (Å²) in [6.07, 6.45) is 0.764. The van der Waals surface area contributed by atoms with Crippen LogP contribution in [0.1, 0.15) is 23.0 Å². The van der Waals surface area contributed by atoms with Crippen LogP contribution in [0.15, 0.2) is 6.20 Å². The van der Waals surface area contributed by atoms with Gasteiger partial charge in [0.15, 0.2) is 0 Å². The van der Waals surface area contributed by atoms with E-state index in [0.717, 1.165) is 0 Å². The predicted octanol–water partition coefficient (Wildman–Crippen LogP) is 0.271. The molecule has 5 nitrogen and oxygen atoms in total. The number of aliphatic hydroxyl groups excluding tert-OH is 1. The van der Waals surface area contributed by atoms with Gasteiger partial charge in [-0.25, -0.2) is 4.79 Å². The first-order valence-electron chi connectivity index (χ1n) is 3.96. The molecule has 0 aliphatic heterocycles. The molecule has 5 heteroatoms. The lowest BCUT2D eigenvalue weighted by atomic mass is 10.2. The zero-order valence-electron chi connectivity index (χ0n) is 7.56. The second-order valence-electron chi connectivity index (χ2n) is 2.98. The molecule has 0 aliphatic rings. The molecule has 1 aromatic heterocycles.